The van der Waals surface area contributed by atoms with Gasteiger partial charge in [0.15, 0.2) is 5.13 Å². The lowest BCUT2D eigenvalue weighted by atomic mass is 10.3. The first-order chi connectivity index (χ1) is 10.4. The number of hydrogen-bond acceptors (Lipinski definition) is 5. The van der Waals surface area contributed by atoms with E-state index in [0.717, 1.165) is 25.0 Å². The van der Waals surface area contributed by atoms with Crippen molar-refractivity contribution >= 4 is 26.5 Å². The molecule has 22 heavy (non-hydrogen) atoms. The maximum atomic E-state index is 12.4. The monoisotopic (exact) mass is 338 g/mol. The quantitative estimate of drug-likeness (QED) is 0.909. The molecule has 0 spiro atoms. The maximum Gasteiger partial charge on any atom is 0.263 e. The van der Waals surface area contributed by atoms with E-state index in [0.29, 0.717) is 10.9 Å². The summed E-state index contributed by atoms with van der Waals surface area (Å²) < 4.78 is 32.8. The van der Waals surface area contributed by atoms with E-state index in [1.54, 1.807) is 24.3 Å². The summed E-state index contributed by atoms with van der Waals surface area (Å²) in [5.74, 6) is 0.655. The third-order valence-corrected chi connectivity index (χ3v) is 5.88. The molecule has 1 aromatic heterocycles. The van der Waals surface area contributed by atoms with Crippen LogP contribution in [0.25, 0.3) is 0 Å². The third-order valence-electron chi connectivity index (χ3n) is 3.32. The summed E-state index contributed by atoms with van der Waals surface area (Å²) in [6, 6.07) is 6.41. The Kier molecular flexibility index (Phi) is 4.10. The molecule has 7 heteroatoms. The lowest BCUT2D eigenvalue weighted by molar-refractivity contribution is 0.242. The molecule has 1 aromatic carbocycles. The molecular weight excluding hydrogens is 320 g/mol. The van der Waals surface area contributed by atoms with Crippen LogP contribution in [0.5, 0.6) is 5.75 Å². The molecule has 0 fully saturated rings. The van der Waals surface area contributed by atoms with Crippen LogP contribution in [0, 0.1) is 0 Å². The predicted molar refractivity (Wildman–Crippen MR) is 87.2 cm³/mol. The third kappa shape index (κ3) is 3.25. The predicted octanol–water partition coefficient (Wildman–Crippen LogP) is 3.22. The van der Waals surface area contributed by atoms with Crippen LogP contribution in [-0.4, -0.2) is 19.5 Å². The van der Waals surface area contributed by atoms with Gasteiger partial charge in [-0.1, -0.05) is 0 Å². The minimum Gasteiger partial charge on any atom is -0.491 e. The Morgan fingerprint density at radius 2 is 1.95 bits per heavy atom. The highest BCUT2D eigenvalue weighted by atomic mass is 32.2. The Bertz CT molecular complexity index is 743. The standard InChI is InChI=1S/C15H18N2O3S2/c1-10(2)20-11-6-8-12(9-7-11)22(18,19)17-15-16-13-4-3-5-14(13)21-15/h6-10H,3-5H2,1-2H3,(H,16,17). The fourth-order valence-electron chi connectivity index (χ4n) is 2.38. The number of nitrogens with one attached hydrogen (secondary N) is 1. The maximum absolute atomic E-state index is 12.4. The van der Waals surface area contributed by atoms with Gasteiger partial charge in [0.1, 0.15) is 5.75 Å². The number of aryl methyl sites for hydroxylation is 2. The molecule has 1 aliphatic carbocycles. The Balaban J connectivity index is 1.77. The molecule has 0 saturated carbocycles. The zero-order valence-corrected chi connectivity index (χ0v) is 14.1. The molecule has 0 atom stereocenters. The summed E-state index contributed by atoms with van der Waals surface area (Å²) in [6.45, 7) is 3.85. The van der Waals surface area contributed by atoms with Crippen LogP contribution >= 0.6 is 11.3 Å². The normalized spacial score (nSPS) is 14.1. The van der Waals surface area contributed by atoms with Crippen LogP contribution in [0.3, 0.4) is 0 Å². The van der Waals surface area contributed by atoms with Gasteiger partial charge in [0.2, 0.25) is 0 Å². The second-order valence-corrected chi connectivity index (χ2v) is 8.25. The first-order valence-electron chi connectivity index (χ1n) is 7.22. The number of hydrogen-bond donors (Lipinski definition) is 1. The first kappa shape index (κ1) is 15.3. The fourth-order valence-corrected chi connectivity index (χ4v) is 4.66. The van der Waals surface area contributed by atoms with E-state index in [2.05, 4.69) is 9.71 Å². The molecule has 2 aromatic rings. The van der Waals surface area contributed by atoms with Crippen molar-refractivity contribution in [3.05, 3.63) is 34.8 Å². The van der Waals surface area contributed by atoms with Crippen molar-refractivity contribution in [2.45, 2.75) is 44.1 Å². The molecule has 1 aliphatic rings. The van der Waals surface area contributed by atoms with E-state index in [4.69, 9.17) is 4.74 Å². The van der Waals surface area contributed by atoms with Crippen LogP contribution in [0.4, 0.5) is 5.13 Å². The summed E-state index contributed by atoms with van der Waals surface area (Å²) in [7, 11) is -3.60. The Morgan fingerprint density at radius 3 is 2.59 bits per heavy atom. The van der Waals surface area contributed by atoms with Crippen LogP contribution in [0.15, 0.2) is 29.2 Å². The number of fused-ring (bicyclic) bond motifs is 1. The van der Waals surface area contributed by atoms with Crippen molar-refractivity contribution in [2.75, 3.05) is 4.72 Å². The molecule has 0 unspecified atom stereocenters. The Morgan fingerprint density at radius 1 is 1.23 bits per heavy atom. The van der Waals surface area contributed by atoms with Crippen LogP contribution < -0.4 is 9.46 Å². The summed E-state index contributed by atoms with van der Waals surface area (Å²) >= 11 is 1.43. The highest BCUT2D eigenvalue weighted by Crippen LogP contribution is 2.31. The van der Waals surface area contributed by atoms with Gasteiger partial charge in [0.25, 0.3) is 10.0 Å². The molecule has 1 heterocycles. The largest absolute Gasteiger partial charge is 0.491 e. The molecule has 0 amide bonds. The number of rotatable bonds is 5. The lowest BCUT2D eigenvalue weighted by Gasteiger charge is -2.10. The molecule has 0 saturated heterocycles. The van der Waals surface area contributed by atoms with Crippen molar-refractivity contribution in [2.24, 2.45) is 0 Å². The number of aromatic nitrogens is 1. The summed E-state index contributed by atoms with van der Waals surface area (Å²) in [5, 5.41) is 0.451. The van der Waals surface area contributed by atoms with Gasteiger partial charge in [-0.25, -0.2) is 13.4 Å². The van der Waals surface area contributed by atoms with Crippen molar-refractivity contribution < 1.29 is 13.2 Å². The molecular formula is C15H18N2O3S2. The number of sulfonamides is 1. The molecule has 5 nitrogen and oxygen atoms in total. The Labute approximate surface area is 134 Å². The number of anilines is 1. The minimum atomic E-state index is -3.60. The molecule has 0 radical (unpaired) electrons. The van der Waals surface area contributed by atoms with Crippen molar-refractivity contribution in [3.63, 3.8) is 0 Å². The van der Waals surface area contributed by atoms with Gasteiger partial charge in [-0.05, 0) is 57.4 Å². The zero-order chi connectivity index (χ0) is 15.7. The van der Waals surface area contributed by atoms with Gasteiger partial charge in [-0.2, -0.15) is 0 Å². The summed E-state index contributed by atoms with van der Waals surface area (Å²) in [6.07, 6.45) is 3.10. The number of benzene rings is 1. The van der Waals surface area contributed by atoms with Gasteiger partial charge in [-0.3, -0.25) is 4.72 Å². The smallest absolute Gasteiger partial charge is 0.263 e. The van der Waals surface area contributed by atoms with E-state index in [-0.39, 0.29) is 11.0 Å². The summed E-state index contributed by atoms with van der Waals surface area (Å²) in [5.41, 5.74) is 1.03. The Hall–Kier alpha value is -1.60. The number of thiazole rings is 1. The molecule has 3 rings (SSSR count). The molecule has 1 N–H and O–H groups in total. The number of ether oxygens (including phenoxy) is 1. The van der Waals surface area contributed by atoms with E-state index in [1.165, 1.54) is 16.2 Å². The molecule has 0 aliphatic heterocycles. The van der Waals surface area contributed by atoms with Gasteiger partial charge < -0.3 is 4.74 Å². The van der Waals surface area contributed by atoms with Crippen molar-refractivity contribution in [3.8, 4) is 5.75 Å². The van der Waals surface area contributed by atoms with Gasteiger partial charge in [-0.15, -0.1) is 11.3 Å². The second kappa shape index (κ2) is 5.89. The molecule has 118 valence electrons. The van der Waals surface area contributed by atoms with Crippen LogP contribution in [-0.2, 0) is 22.9 Å². The van der Waals surface area contributed by atoms with Crippen LogP contribution in [0.2, 0.25) is 0 Å². The average molecular weight is 338 g/mol. The average Bonchev–Trinajstić information content (AvgIpc) is 2.99. The van der Waals surface area contributed by atoms with Crippen LogP contribution in [0.1, 0.15) is 30.8 Å². The fraction of sp³-hybridized carbons (Fsp3) is 0.400. The lowest BCUT2D eigenvalue weighted by Crippen LogP contribution is -2.13. The zero-order valence-electron chi connectivity index (χ0n) is 12.5. The van der Waals surface area contributed by atoms with E-state index < -0.39 is 10.0 Å². The topological polar surface area (TPSA) is 68.3 Å². The minimum absolute atomic E-state index is 0.0540. The van der Waals surface area contributed by atoms with Gasteiger partial charge in [0, 0.05) is 4.88 Å². The van der Waals surface area contributed by atoms with Crippen molar-refractivity contribution in [1.29, 1.82) is 0 Å². The number of nitrogens with zero attached hydrogens (tertiary/aromatic N) is 1. The SMILES string of the molecule is CC(C)Oc1ccc(S(=O)(=O)Nc2nc3c(s2)CCC3)cc1. The van der Waals surface area contributed by atoms with E-state index in [1.807, 2.05) is 13.8 Å². The molecule has 0 bridgehead atoms. The second-order valence-electron chi connectivity index (χ2n) is 5.49. The van der Waals surface area contributed by atoms with E-state index >= 15 is 0 Å². The highest BCUT2D eigenvalue weighted by Gasteiger charge is 2.21. The summed E-state index contributed by atoms with van der Waals surface area (Å²) in [4.78, 5) is 5.76. The van der Waals surface area contributed by atoms with Gasteiger partial charge in [0.05, 0.1) is 16.7 Å². The highest BCUT2D eigenvalue weighted by molar-refractivity contribution is 7.93. The van der Waals surface area contributed by atoms with Crippen molar-refractivity contribution in [1.82, 2.24) is 4.98 Å². The van der Waals surface area contributed by atoms with E-state index in [9.17, 15) is 8.42 Å². The first-order valence-corrected chi connectivity index (χ1v) is 9.52. The van der Waals surface area contributed by atoms with Gasteiger partial charge >= 0.3 is 0 Å².